The third-order valence-corrected chi connectivity index (χ3v) is 4.35. The summed E-state index contributed by atoms with van der Waals surface area (Å²) in [5.41, 5.74) is 0.953. The Morgan fingerprint density at radius 1 is 1.05 bits per heavy atom. The Labute approximate surface area is 131 Å². The molecule has 0 rings (SSSR count). The molecule has 0 saturated heterocycles. The van der Waals surface area contributed by atoms with Crippen molar-refractivity contribution in [1.82, 2.24) is 0 Å². The van der Waals surface area contributed by atoms with E-state index in [2.05, 4.69) is 31.6 Å². The molecule has 0 amide bonds. The molecule has 0 aliphatic rings. The number of hydrogen-bond acceptors (Lipinski definition) is 2. The highest BCUT2D eigenvalue weighted by Gasteiger charge is 2.07. The van der Waals surface area contributed by atoms with E-state index in [1.165, 1.54) is 51.7 Å². The van der Waals surface area contributed by atoms with Crippen molar-refractivity contribution in [2.24, 2.45) is 11.8 Å². The number of carbonyl (C=O) groups is 1. The van der Waals surface area contributed by atoms with Crippen molar-refractivity contribution < 1.29 is 9.53 Å². The third kappa shape index (κ3) is 10.3. The van der Waals surface area contributed by atoms with Crippen molar-refractivity contribution in [2.75, 3.05) is 7.11 Å². The SMILES string of the molecule is CCC(CC)CCCC(CC)CC=CC(C)=CC(=O)OC. The van der Waals surface area contributed by atoms with Crippen LogP contribution in [0.25, 0.3) is 0 Å². The van der Waals surface area contributed by atoms with E-state index in [0.717, 1.165) is 23.8 Å². The van der Waals surface area contributed by atoms with Gasteiger partial charge in [-0.3, -0.25) is 0 Å². The van der Waals surface area contributed by atoms with Crippen LogP contribution < -0.4 is 0 Å². The van der Waals surface area contributed by atoms with Crippen LogP contribution in [0, 0.1) is 11.8 Å². The Balaban J connectivity index is 4.09. The summed E-state index contributed by atoms with van der Waals surface area (Å²) in [6, 6.07) is 0. The van der Waals surface area contributed by atoms with Gasteiger partial charge in [0.15, 0.2) is 0 Å². The van der Waals surface area contributed by atoms with E-state index in [9.17, 15) is 4.79 Å². The molecule has 0 aliphatic heterocycles. The highest BCUT2D eigenvalue weighted by atomic mass is 16.5. The van der Waals surface area contributed by atoms with Crippen LogP contribution in [0.15, 0.2) is 23.8 Å². The fraction of sp³-hybridized carbons (Fsp3) is 0.737. The number of esters is 1. The van der Waals surface area contributed by atoms with Crippen LogP contribution in [0.2, 0.25) is 0 Å². The lowest BCUT2D eigenvalue weighted by Crippen LogP contribution is -2.01. The Hall–Kier alpha value is -1.05. The molecule has 0 bridgehead atoms. The second-order valence-electron chi connectivity index (χ2n) is 5.94. The number of methoxy groups -OCH3 is 1. The monoisotopic (exact) mass is 294 g/mol. The van der Waals surface area contributed by atoms with Crippen molar-refractivity contribution in [3.05, 3.63) is 23.8 Å². The molecule has 2 nitrogen and oxygen atoms in total. The molecule has 1 atom stereocenters. The molecule has 122 valence electrons. The van der Waals surface area contributed by atoms with Gasteiger partial charge >= 0.3 is 5.97 Å². The lowest BCUT2D eigenvalue weighted by Gasteiger charge is -2.15. The minimum Gasteiger partial charge on any atom is -0.466 e. The number of hydrogen-bond donors (Lipinski definition) is 0. The Bertz CT molecular complexity index is 324. The number of rotatable bonds is 11. The number of allylic oxidation sites excluding steroid dienone is 3. The molecule has 0 aromatic carbocycles. The van der Waals surface area contributed by atoms with Crippen LogP contribution in [0.1, 0.15) is 72.6 Å². The number of carbonyl (C=O) groups excluding carboxylic acids is 1. The molecule has 0 radical (unpaired) electrons. The molecule has 0 fully saturated rings. The predicted molar refractivity (Wildman–Crippen MR) is 91.2 cm³/mol. The summed E-state index contributed by atoms with van der Waals surface area (Å²) < 4.78 is 4.62. The topological polar surface area (TPSA) is 26.3 Å². The second kappa shape index (κ2) is 12.7. The zero-order chi connectivity index (χ0) is 16.1. The molecule has 2 heteroatoms. The summed E-state index contributed by atoms with van der Waals surface area (Å²) in [4.78, 5) is 11.1. The molecular formula is C19H34O2. The maximum absolute atomic E-state index is 11.1. The summed E-state index contributed by atoms with van der Waals surface area (Å²) in [6.45, 7) is 8.80. The summed E-state index contributed by atoms with van der Waals surface area (Å²) in [6.07, 6.45) is 14.7. The smallest absolute Gasteiger partial charge is 0.330 e. The van der Waals surface area contributed by atoms with E-state index in [1.54, 1.807) is 0 Å². The molecular weight excluding hydrogens is 260 g/mol. The first-order chi connectivity index (χ1) is 10.1. The molecule has 0 saturated carbocycles. The van der Waals surface area contributed by atoms with Gasteiger partial charge in [-0.05, 0) is 30.8 Å². The Morgan fingerprint density at radius 3 is 2.14 bits per heavy atom. The second-order valence-corrected chi connectivity index (χ2v) is 5.94. The van der Waals surface area contributed by atoms with E-state index >= 15 is 0 Å². The molecule has 0 spiro atoms. The quantitative estimate of drug-likeness (QED) is 0.278. The molecule has 0 aromatic rings. The highest BCUT2D eigenvalue weighted by molar-refractivity contribution is 5.83. The Morgan fingerprint density at radius 2 is 1.62 bits per heavy atom. The predicted octanol–water partition coefficient (Wildman–Crippen LogP) is 5.68. The number of ether oxygens (including phenoxy) is 1. The minimum atomic E-state index is -0.283. The standard InChI is InChI=1S/C19H34O2/c1-6-17(7-2)12-10-14-18(8-3)13-9-11-16(4)15-19(20)21-5/h9,11,15,17-18H,6-8,10,12-14H2,1-5H3. The molecule has 0 N–H and O–H groups in total. The summed E-state index contributed by atoms with van der Waals surface area (Å²) in [7, 11) is 1.41. The van der Waals surface area contributed by atoms with Crippen molar-refractivity contribution >= 4 is 5.97 Å². The average molecular weight is 294 g/mol. The van der Waals surface area contributed by atoms with Crippen LogP contribution in [0.3, 0.4) is 0 Å². The van der Waals surface area contributed by atoms with Crippen molar-refractivity contribution in [3.8, 4) is 0 Å². The van der Waals surface area contributed by atoms with Gasteiger partial charge in [-0.25, -0.2) is 4.79 Å². The fourth-order valence-electron chi connectivity index (χ4n) is 2.62. The first kappa shape index (κ1) is 19.9. The van der Waals surface area contributed by atoms with E-state index in [1.807, 2.05) is 13.0 Å². The van der Waals surface area contributed by atoms with Crippen LogP contribution in [0.4, 0.5) is 0 Å². The van der Waals surface area contributed by atoms with Crippen LogP contribution in [0.5, 0.6) is 0 Å². The molecule has 0 heterocycles. The van der Waals surface area contributed by atoms with Crippen molar-refractivity contribution in [1.29, 1.82) is 0 Å². The van der Waals surface area contributed by atoms with Crippen LogP contribution in [-0.4, -0.2) is 13.1 Å². The van der Waals surface area contributed by atoms with Gasteiger partial charge in [0.05, 0.1) is 7.11 Å². The minimum absolute atomic E-state index is 0.283. The van der Waals surface area contributed by atoms with E-state index in [4.69, 9.17) is 0 Å². The van der Waals surface area contributed by atoms with Crippen LogP contribution >= 0.6 is 0 Å². The third-order valence-electron chi connectivity index (χ3n) is 4.35. The summed E-state index contributed by atoms with van der Waals surface area (Å²) >= 11 is 0. The fourth-order valence-corrected chi connectivity index (χ4v) is 2.62. The van der Waals surface area contributed by atoms with Gasteiger partial charge in [0, 0.05) is 6.08 Å². The first-order valence-corrected chi connectivity index (χ1v) is 8.49. The van der Waals surface area contributed by atoms with Gasteiger partial charge in [0.25, 0.3) is 0 Å². The summed E-state index contributed by atoms with van der Waals surface area (Å²) in [5, 5.41) is 0. The van der Waals surface area contributed by atoms with E-state index in [-0.39, 0.29) is 5.97 Å². The van der Waals surface area contributed by atoms with E-state index < -0.39 is 0 Å². The van der Waals surface area contributed by atoms with Crippen molar-refractivity contribution in [3.63, 3.8) is 0 Å². The molecule has 21 heavy (non-hydrogen) atoms. The lowest BCUT2D eigenvalue weighted by molar-refractivity contribution is -0.134. The van der Waals surface area contributed by atoms with Gasteiger partial charge < -0.3 is 4.74 Å². The van der Waals surface area contributed by atoms with Crippen LogP contribution in [-0.2, 0) is 9.53 Å². The van der Waals surface area contributed by atoms with E-state index in [0.29, 0.717) is 0 Å². The van der Waals surface area contributed by atoms with Crippen molar-refractivity contribution in [2.45, 2.75) is 72.6 Å². The first-order valence-electron chi connectivity index (χ1n) is 8.49. The van der Waals surface area contributed by atoms with Gasteiger partial charge in [0.1, 0.15) is 0 Å². The molecule has 1 unspecified atom stereocenters. The maximum Gasteiger partial charge on any atom is 0.330 e. The maximum atomic E-state index is 11.1. The van der Waals surface area contributed by atoms with Gasteiger partial charge in [-0.2, -0.15) is 0 Å². The van der Waals surface area contributed by atoms with Gasteiger partial charge in [-0.15, -0.1) is 0 Å². The Kier molecular flexibility index (Phi) is 12.0. The van der Waals surface area contributed by atoms with Gasteiger partial charge in [0.2, 0.25) is 0 Å². The largest absolute Gasteiger partial charge is 0.466 e. The summed E-state index contributed by atoms with van der Waals surface area (Å²) in [5.74, 6) is 1.39. The zero-order valence-corrected chi connectivity index (χ0v) is 14.7. The molecule has 0 aromatic heterocycles. The normalized spacial score (nSPS) is 13.9. The molecule has 0 aliphatic carbocycles. The highest BCUT2D eigenvalue weighted by Crippen LogP contribution is 2.22. The van der Waals surface area contributed by atoms with Gasteiger partial charge in [-0.1, -0.05) is 71.4 Å². The zero-order valence-electron chi connectivity index (χ0n) is 14.7. The average Bonchev–Trinajstić information content (AvgIpc) is 2.49. The lowest BCUT2D eigenvalue weighted by atomic mass is 9.90.